The van der Waals surface area contributed by atoms with Gasteiger partial charge in [-0.2, -0.15) is 0 Å². The Morgan fingerprint density at radius 3 is 3.06 bits per heavy atom. The van der Waals surface area contributed by atoms with Crippen molar-refractivity contribution in [2.24, 2.45) is 5.73 Å². The summed E-state index contributed by atoms with van der Waals surface area (Å²) in [6.45, 7) is 1.29. The number of nitrogens with zero attached hydrogens (tertiary/aromatic N) is 2. The van der Waals surface area contributed by atoms with Crippen LogP contribution in [0.5, 0.6) is 0 Å². The number of nitrogens with two attached hydrogens (primary N) is 1. The summed E-state index contributed by atoms with van der Waals surface area (Å²) in [4.78, 5) is 13.8. The minimum absolute atomic E-state index is 0. The van der Waals surface area contributed by atoms with Crippen LogP contribution < -0.4 is 5.73 Å². The molecule has 0 radical (unpaired) electrons. The lowest BCUT2D eigenvalue weighted by Gasteiger charge is -2.34. The van der Waals surface area contributed by atoms with Crippen molar-refractivity contribution in [1.29, 1.82) is 0 Å². The van der Waals surface area contributed by atoms with Crippen molar-refractivity contribution in [3.05, 3.63) is 18.0 Å². The van der Waals surface area contributed by atoms with Crippen LogP contribution in [0.2, 0.25) is 0 Å². The van der Waals surface area contributed by atoms with Crippen LogP contribution in [0.25, 0.3) is 0 Å². The van der Waals surface area contributed by atoms with Crippen molar-refractivity contribution in [2.45, 2.75) is 25.3 Å². The van der Waals surface area contributed by atoms with Crippen molar-refractivity contribution in [2.75, 3.05) is 13.1 Å². The zero-order chi connectivity index (χ0) is 10.7. The van der Waals surface area contributed by atoms with Gasteiger partial charge in [0.15, 0.2) is 5.69 Å². The molecule has 1 atom stereocenters. The van der Waals surface area contributed by atoms with E-state index < -0.39 is 0 Å². The van der Waals surface area contributed by atoms with E-state index >= 15 is 0 Å². The summed E-state index contributed by atoms with van der Waals surface area (Å²) in [5, 5.41) is 3.65. The van der Waals surface area contributed by atoms with Gasteiger partial charge < -0.3 is 15.2 Å². The molecule has 16 heavy (non-hydrogen) atoms. The quantitative estimate of drug-likeness (QED) is 0.845. The van der Waals surface area contributed by atoms with Gasteiger partial charge in [-0.3, -0.25) is 4.79 Å². The van der Waals surface area contributed by atoms with Crippen LogP contribution >= 0.6 is 12.4 Å². The van der Waals surface area contributed by atoms with Crippen molar-refractivity contribution < 1.29 is 9.32 Å². The molecule has 6 heteroatoms. The number of piperidine rings is 1. The second kappa shape index (κ2) is 5.86. The maximum Gasteiger partial charge on any atom is 0.276 e. The Balaban J connectivity index is 0.00000128. The highest BCUT2D eigenvalue weighted by molar-refractivity contribution is 5.92. The average Bonchev–Trinajstić information content (AvgIpc) is 2.81. The molecule has 1 saturated heterocycles. The topological polar surface area (TPSA) is 72.4 Å². The SMILES string of the molecule is Cl.NCC1CCCCN1C(=O)c1ccon1. The third kappa shape index (κ3) is 2.54. The molecule has 0 saturated carbocycles. The van der Waals surface area contributed by atoms with Crippen LogP contribution in [0.15, 0.2) is 16.9 Å². The molecule has 1 aromatic heterocycles. The molecular formula is C10H16ClN3O2. The zero-order valence-corrected chi connectivity index (χ0v) is 9.78. The first-order valence-corrected chi connectivity index (χ1v) is 5.24. The highest BCUT2D eigenvalue weighted by Gasteiger charge is 2.27. The second-order valence-corrected chi connectivity index (χ2v) is 3.77. The molecule has 0 bridgehead atoms. The second-order valence-electron chi connectivity index (χ2n) is 3.77. The van der Waals surface area contributed by atoms with Crippen molar-refractivity contribution in [3.8, 4) is 0 Å². The van der Waals surface area contributed by atoms with Crippen LogP contribution in [0.3, 0.4) is 0 Å². The molecule has 1 amide bonds. The van der Waals surface area contributed by atoms with E-state index in [1.54, 1.807) is 11.0 Å². The van der Waals surface area contributed by atoms with Gasteiger partial charge in [-0.1, -0.05) is 5.16 Å². The van der Waals surface area contributed by atoms with Crippen LogP contribution in [0, 0.1) is 0 Å². The van der Waals surface area contributed by atoms with E-state index in [2.05, 4.69) is 9.68 Å². The summed E-state index contributed by atoms with van der Waals surface area (Å²) in [6, 6.07) is 1.74. The molecule has 2 N–H and O–H groups in total. The van der Waals surface area contributed by atoms with Crippen LogP contribution in [0.4, 0.5) is 0 Å². The normalized spacial score (nSPS) is 20.3. The lowest BCUT2D eigenvalue weighted by molar-refractivity contribution is 0.0613. The van der Waals surface area contributed by atoms with Gasteiger partial charge in [0.05, 0.1) is 0 Å². The minimum Gasteiger partial charge on any atom is -0.364 e. The van der Waals surface area contributed by atoms with Gasteiger partial charge >= 0.3 is 0 Å². The number of hydrogen-bond acceptors (Lipinski definition) is 4. The first kappa shape index (κ1) is 13.0. The third-order valence-corrected chi connectivity index (χ3v) is 2.82. The lowest BCUT2D eigenvalue weighted by Crippen LogP contribution is -2.47. The predicted octanol–water partition coefficient (Wildman–Crippen LogP) is 1.05. The summed E-state index contributed by atoms with van der Waals surface area (Å²) in [6.07, 6.45) is 4.58. The number of rotatable bonds is 2. The average molecular weight is 246 g/mol. The smallest absolute Gasteiger partial charge is 0.276 e. The van der Waals surface area contributed by atoms with Gasteiger partial charge in [0.1, 0.15) is 6.26 Å². The predicted molar refractivity (Wildman–Crippen MR) is 61.5 cm³/mol. The number of halogens is 1. The van der Waals surface area contributed by atoms with Crippen molar-refractivity contribution in [3.63, 3.8) is 0 Å². The maximum atomic E-state index is 12.0. The molecular weight excluding hydrogens is 230 g/mol. The van der Waals surface area contributed by atoms with E-state index in [9.17, 15) is 4.79 Å². The Labute approximate surface area is 100 Å². The number of hydrogen-bond donors (Lipinski definition) is 1. The van der Waals surface area contributed by atoms with Gasteiger partial charge in [-0.05, 0) is 19.3 Å². The zero-order valence-electron chi connectivity index (χ0n) is 8.96. The van der Waals surface area contributed by atoms with Gasteiger partial charge in [-0.15, -0.1) is 12.4 Å². The summed E-state index contributed by atoms with van der Waals surface area (Å²) >= 11 is 0. The summed E-state index contributed by atoms with van der Waals surface area (Å²) in [7, 11) is 0. The molecule has 1 aliphatic rings. The van der Waals surface area contributed by atoms with Crippen LogP contribution in [-0.4, -0.2) is 35.1 Å². The molecule has 90 valence electrons. The largest absolute Gasteiger partial charge is 0.364 e. The monoisotopic (exact) mass is 245 g/mol. The molecule has 0 spiro atoms. The Morgan fingerprint density at radius 2 is 2.44 bits per heavy atom. The number of amides is 1. The molecule has 1 aliphatic heterocycles. The van der Waals surface area contributed by atoms with Crippen LogP contribution in [0.1, 0.15) is 29.8 Å². The lowest BCUT2D eigenvalue weighted by atomic mass is 10.0. The molecule has 1 aromatic rings. The molecule has 5 nitrogen and oxygen atoms in total. The number of carbonyl (C=O) groups excluding carboxylic acids is 1. The Bertz CT molecular complexity index is 329. The molecule has 1 fully saturated rings. The molecule has 0 aromatic carbocycles. The molecule has 2 rings (SSSR count). The number of aromatic nitrogens is 1. The van der Waals surface area contributed by atoms with E-state index in [1.165, 1.54) is 6.26 Å². The van der Waals surface area contributed by atoms with Gasteiger partial charge in [-0.25, -0.2) is 0 Å². The molecule has 2 heterocycles. The Morgan fingerprint density at radius 1 is 1.62 bits per heavy atom. The van der Waals surface area contributed by atoms with E-state index in [0.29, 0.717) is 12.2 Å². The Hall–Kier alpha value is -1.07. The van der Waals surface area contributed by atoms with Crippen molar-refractivity contribution >= 4 is 18.3 Å². The van der Waals surface area contributed by atoms with E-state index in [1.807, 2.05) is 0 Å². The first-order valence-electron chi connectivity index (χ1n) is 5.24. The van der Waals surface area contributed by atoms with Gasteiger partial charge in [0.2, 0.25) is 0 Å². The minimum atomic E-state index is -0.0705. The summed E-state index contributed by atoms with van der Waals surface area (Å²) in [5.74, 6) is -0.0705. The van der Waals surface area contributed by atoms with Crippen LogP contribution in [-0.2, 0) is 0 Å². The fraction of sp³-hybridized carbons (Fsp3) is 0.600. The highest BCUT2D eigenvalue weighted by Crippen LogP contribution is 2.18. The van der Waals surface area contributed by atoms with Gasteiger partial charge in [0.25, 0.3) is 5.91 Å². The summed E-state index contributed by atoms with van der Waals surface area (Å²) in [5.41, 5.74) is 6.02. The maximum absolute atomic E-state index is 12.0. The van der Waals surface area contributed by atoms with E-state index in [-0.39, 0.29) is 24.4 Å². The fourth-order valence-corrected chi connectivity index (χ4v) is 1.98. The number of carbonyl (C=O) groups is 1. The van der Waals surface area contributed by atoms with Gasteiger partial charge in [0, 0.05) is 25.2 Å². The third-order valence-electron chi connectivity index (χ3n) is 2.82. The molecule has 1 unspecified atom stereocenters. The highest BCUT2D eigenvalue weighted by atomic mass is 35.5. The van der Waals surface area contributed by atoms with E-state index in [4.69, 9.17) is 5.73 Å². The summed E-state index contributed by atoms with van der Waals surface area (Å²) < 4.78 is 4.67. The fourth-order valence-electron chi connectivity index (χ4n) is 1.98. The first-order chi connectivity index (χ1) is 7.33. The van der Waals surface area contributed by atoms with Crippen molar-refractivity contribution in [1.82, 2.24) is 10.1 Å². The standard InChI is InChI=1S/C10H15N3O2.ClH/c11-7-8-3-1-2-5-13(8)10(14)9-4-6-15-12-9;/h4,6,8H,1-3,5,7,11H2;1H. The van der Waals surface area contributed by atoms with E-state index in [0.717, 1.165) is 25.8 Å². The Kier molecular flexibility index (Phi) is 4.76. The number of likely N-dealkylation sites (tertiary alicyclic amines) is 1. The molecule has 0 aliphatic carbocycles.